The normalized spacial score (nSPS) is 11.0. The van der Waals surface area contributed by atoms with Gasteiger partial charge in [-0.05, 0) is 19.1 Å². The smallest absolute Gasteiger partial charge is 0.294 e. The van der Waals surface area contributed by atoms with E-state index >= 15 is 0 Å². The van der Waals surface area contributed by atoms with E-state index in [1.54, 1.807) is 0 Å². The Kier molecular flexibility index (Phi) is 3.24. The van der Waals surface area contributed by atoms with Gasteiger partial charge in [-0.2, -0.15) is 18.4 Å². The van der Waals surface area contributed by atoms with Gasteiger partial charge in [-0.15, -0.1) is 0 Å². The first-order valence-electron chi connectivity index (χ1n) is 4.09. The number of carbonyl (C=O) groups is 1. The number of Topliss-reactive ketones (excluding diaryl/α,β-unsaturated/α-hetero) is 1. The Morgan fingerprint density at radius 2 is 2.00 bits per heavy atom. The number of alkyl halides is 3. The fraction of sp³-hybridized carbons (Fsp3) is 0.200. The van der Waals surface area contributed by atoms with Gasteiger partial charge in [-0.3, -0.25) is 4.79 Å². The van der Waals surface area contributed by atoms with Crippen molar-refractivity contribution >= 4 is 17.4 Å². The zero-order valence-electron chi connectivity index (χ0n) is 8.02. The lowest BCUT2D eigenvalue weighted by Gasteiger charge is -2.13. The molecule has 84 valence electrons. The molecule has 16 heavy (non-hydrogen) atoms. The van der Waals surface area contributed by atoms with Crippen molar-refractivity contribution in [3.63, 3.8) is 0 Å². The lowest BCUT2D eigenvalue weighted by atomic mass is 9.98. The molecule has 0 atom stereocenters. The second kappa shape index (κ2) is 4.14. The van der Waals surface area contributed by atoms with E-state index in [1.165, 1.54) is 6.07 Å². The van der Waals surface area contributed by atoms with Crippen molar-refractivity contribution in [2.45, 2.75) is 13.1 Å². The molecule has 0 aromatic heterocycles. The van der Waals surface area contributed by atoms with Gasteiger partial charge in [-0.1, -0.05) is 11.6 Å². The van der Waals surface area contributed by atoms with Crippen LogP contribution in [0.1, 0.15) is 28.4 Å². The highest BCUT2D eigenvalue weighted by Gasteiger charge is 2.38. The number of nitrogens with zero attached hydrogens (tertiary/aromatic N) is 1. The predicted octanol–water partition coefficient (Wildman–Crippen LogP) is 3.43. The molecule has 0 heterocycles. The number of carbonyl (C=O) groups excluding carboxylic acids is 1. The average Bonchev–Trinajstić information content (AvgIpc) is 2.15. The summed E-state index contributed by atoms with van der Waals surface area (Å²) >= 11 is 5.53. The van der Waals surface area contributed by atoms with E-state index in [-0.39, 0.29) is 5.02 Å². The lowest BCUT2D eigenvalue weighted by molar-refractivity contribution is -0.138. The largest absolute Gasteiger partial charge is 0.418 e. The van der Waals surface area contributed by atoms with Gasteiger partial charge in [0.2, 0.25) is 0 Å². The molecular formula is C10H5ClF3NO. The minimum atomic E-state index is -4.78. The van der Waals surface area contributed by atoms with Crippen molar-refractivity contribution in [3.05, 3.63) is 33.8 Å². The van der Waals surface area contributed by atoms with E-state index < -0.39 is 28.6 Å². The van der Waals surface area contributed by atoms with Crippen LogP contribution in [0, 0.1) is 11.3 Å². The summed E-state index contributed by atoms with van der Waals surface area (Å²) in [6, 6.07) is 3.44. The van der Waals surface area contributed by atoms with Crippen LogP contribution in [0.3, 0.4) is 0 Å². The number of benzene rings is 1. The third kappa shape index (κ3) is 2.17. The average molecular weight is 248 g/mol. The molecule has 1 rings (SSSR count). The maximum atomic E-state index is 12.7. The highest BCUT2D eigenvalue weighted by atomic mass is 35.5. The van der Waals surface area contributed by atoms with Crippen LogP contribution in [0.5, 0.6) is 0 Å². The van der Waals surface area contributed by atoms with Crippen LogP contribution in [0.2, 0.25) is 5.02 Å². The molecule has 0 saturated carbocycles. The molecule has 0 spiro atoms. The van der Waals surface area contributed by atoms with Gasteiger partial charge in [0.05, 0.1) is 22.2 Å². The van der Waals surface area contributed by atoms with Crippen molar-refractivity contribution in [1.82, 2.24) is 0 Å². The zero-order chi connectivity index (χ0) is 12.5. The van der Waals surface area contributed by atoms with E-state index in [4.69, 9.17) is 16.9 Å². The fourth-order valence-corrected chi connectivity index (χ4v) is 1.60. The van der Waals surface area contributed by atoms with Gasteiger partial charge in [-0.25, -0.2) is 0 Å². The molecule has 0 unspecified atom stereocenters. The Bertz CT molecular complexity index is 488. The number of hydrogen-bond acceptors (Lipinski definition) is 2. The summed E-state index contributed by atoms with van der Waals surface area (Å²) in [6.07, 6.45) is -4.78. The molecule has 0 fully saturated rings. The highest BCUT2D eigenvalue weighted by molar-refractivity contribution is 6.34. The van der Waals surface area contributed by atoms with E-state index in [1.807, 2.05) is 0 Å². The Morgan fingerprint density at radius 1 is 1.44 bits per heavy atom. The van der Waals surface area contributed by atoms with E-state index in [9.17, 15) is 18.0 Å². The molecule has 0 aliphatic carbocycles. The first-order chi connectivity index (χ1) is 7.29. The maximum absolute atomic E-state index is 12.7. The van der Waals surface area contributed by atoms with E-state index in [0.29, 0.717) is 0 Å². The van der Waals surface area contributed by atoms with Gasteiger partial charge < -0.3 is 0 Å². The van der Waals surface area contributed by atoms with Gasteiger partial charge >= 0.3 is 6.18 Å². The van der Waals surface area contributed by atoms with Crippen LogP contribution in [0.25, 0.3) is 0 Å². The topological polar surface area (TPSA) is 40.9 Å². The van der Waals surface area contributed by atoms with Crippen molar-refractivity contribution in [2.24, 2.45) is 0 Å². The Labute approximate surface area is 94.2 Å². The quantitative estimate of drug-likeness (QED) is 0.714. The number of rotatable bonds is 1. The predicted molar refractivity (Wildman–Crippen MR) is 51.2 cm³/mol. The van der Waals surface area contributed by atoms with Crippen LogP contribution in [-0.2, 0) is 6.18 Å². The minimum absolute atomic E-state index is 0.307. The fourth-order valence-electron chi connectivity index (χ4n) is 1.31. The van der Waals surface area contributed by atoms with Crippen LogP contribution < -0.4 is 0 Å². The number of nitriles is 1. The van der Waals surface area contributed by atoms with Crippen molar-refractivity contribution in [3.8, 4) is 6.07 Å². The monoisotopic (exact) mass is 247 g/mol. The summed E-state index contributed by atoms with van der Waals surface area (Å²) in [5, 5.41) is 8.27. The van der Waals surface area contributed by atoms with Crippen molar-refractivity contribution < 1.29 is 18.0 Å². The lowest BCUT2D eigenvalue weighted by Crippen LogP contribution is -2.14. The Morgan fingerprint density at radius 3 is 2.38 bits per heavy atom. The molecule has 0 amide bonds. The third-order valence-electron chi connectivity index (χ3n) is 1.91. The highest BCUT2D eigenvalue weighted by Crippen LogP contribution is 2.37. The number of hydrogen-bond donors (Lipinski definition) is 0. The second-order valence-corrected chi connectivity index (χ2v) is 3.42. The molecule has 0 radical (unpaired) electrons. The van der Waals surface area contributed by atoms with Crippen LogP contribution >= 0.6 is 11.6 Å². The van der Waals surface area contributed by atoms with Crippen LogP contribution in [-0.4, -0.2) is 5.78 Å². The summed E-state index contributed by atoms with van der Waals surface area (Å²) in [5.74, 6) is -0.825. The Balaban J connectivity index is 3.71. The van der Waals surface area contributed by atoms with Gasteiger partial charge in [0.25, 0.3) is 0 Å². The summed E-state index contributed by atoms with van der Waals surface area (Å²) in [6.45, 7) is 0.970. The number of halogens is 4. The van der Waals surface area contributed by atoms with Crippen LogP contribution in [0.15, 0.2) is 12.1 Å². The van der Waals surface area contributed by atoms with Gasteiger partial charge in [0.1, 0.15) is 0 Å². The first-order valence-corrected chi connectivity index (χ1v) is 4.47. The third-order valence-corrected chi connectivity index (χ3v) is 2.23. The molecule has 0 aliphatic rings. The van der Waals surface area contributed by atoms with Crippen molar-refractivity contribution in [2.75, 3.05) is 0 Å². The number of ketones is 1. The van der Waals surface area contributed by atoms with Crippen LogP contribution in [0.4, 0.5) is 13.2 Å². The SMILES string of the molecule is CC(=O)c1c(Cl)ccc(C#N)c1C(F)(F)F. The molecule has 2 nitrogen and oxygen atoms in total. The molecular weight excluding hydrogens is 243 g/mol. The summed E-state index contributed by atoms with van der Waals surface area (Å²) < 4.78 is 38.0. The summed E-state index contributed by atoms with van der Waals surface area (Å²) in [5.41, 5.74) is -2.54. The van der Waals surface area contributed by atoms with Gasteiger partial charge in [0.15, 0.2) is 5.78 Å². The molecule has 1 aromatic carbocycles. The molecule has 6 heteroatoms. The standard InChI is InChI=1S/C10H5ClF3NO/c1-5(16)8-7(11)3-2-6(4-15)9(8)10(12,13)14/h2-3H,1H3. The molecule has 0 saturated heterocycles. The van der Waals surface area contributed by atoms with E-state index in [0.717, 1.165) is 19.1 Å². The molecule has 0 aliphatic heterocycles. The summed E-state index contributed by atoms with van der Waals surface area (Å²) in [7, 11) is 0. The van der Waals surface area contributed by atoms with E-state index in [2.05, 4.69) is 0 Å². The zero-order valence-corrected chi connectivity index (χ0v) is 8.78. The first kappa shape index (κ1) is 12.5. The molecule has 0 bridgehead atoms. The molecule has 1 aromatic rings. The minimum Gasteiger partial charge on any atom is -0.294 e. The molecule has 0 N–H and O–H groups in total. The maximum Gasteiger partial charge on any atom is 0.418 e. The second-order valence-electron chi connectivity index (χ2n) is 3.01. The van der Waals surface area contributed by atoms with Gasteiger partial charge in [0, 0.05) is 5.56 Å². The van der Waals surface area contributed by atoms with Crippen molar-refractivity contribution in [1.29, 1.82) is 5.26 Å². The Hall–Kier alpha value is -1.54. The summed E-state index contributed by atoms with van der Waals surface area (Å²) in [4.78, 5) is 11.1.